The van der Waals surface area contributed by atoms with Crippen LogP contribution in [0.2, 0.25) is 0 Å². The SMILES string of the molecule is CCOc1ccc(Br)cc1-c1[nH]c2ccc(Br)cc2c1CC(=O)O. The first-order valence-corrected chi connectivity index (χ1v) is 9.02. The summed E-state index contributed by atoms with van der Waals surface area (Å²) in [4.78, 5) is 14.7. The average Bonchev–Trinajstić information content (AvgIpc) is 2.87. The average molecular weight is 453 g/mol. The van der Waals surface area contributed by atoms with E-state index in [1.165, 1.54) is 0 Å². The van der Waals surface area contributed by atoms with E-state index in [1.807, 2.05) is 43.3 Å². The highest BCUT2D eigenvalue weighted by Gasteiger charge is 2.19. The number of rotatable bonds is 5. The van der Waals surface area contributed by atoms with Crippen molar-refractivity contribution < 1.29 is 14.6 Å². The van der Waals surface area contributed by atoms with Crippen molar-refractivity contribution in [1.82, 2.24) is 4.98 Å². The Hall–Kier alpha value is -1.79. The van der Waals surface area contributed by atoms with Crippen LogP contribution in [0.5, 0.6) is 5.75 Å². The molecule has 4 nitrogen and oxygen atoms in total. The molecule has 2 N–H and O–H groups in total. The third-order valence-corrected chi connectivity index (χ3v) is 4.69. The van der Waals surface area contributed by atoms with Gasteiger partial charge >= 0.3 is 5.97 Å². The number of carbonyl (C=O) groups is 1. The third kappa shape index (κ3) is 3.35. The molecule has 0 aliphatic rings. The second-order valence-corrected chi connectivity index (χ2v) is 7.14. The molecular formula is C18H15Br2NO3. The van der Waals surface area contributed by atoms with Crippen molar-refractivity contribution in [1.29, 1.82) is 0 Å². The Morgan fingerprint density at radius 1 is 1.17 bits per heavy atom. The second kappa shape index (κ2) is 6.99. The van der Waals surface area contributed by atoms with Crippen LogP contribution in [0.1, 0.15) is 12.5 Å². The number of halogens is 2. The van der Waals surface area contributed by atoms with Gasteiger partial charge in [0, 0.05) is 25.4 Å². The van der Waals surface area contributed by atoms with Crippen molar-refractivity contribution in [3.8, 4) is 17.0 Å². The summed E-state index contributed by atoms with van der Waals surface area (Å²) < 4.78 is 7.54. The number of aromatic nitrogens is 1. The molecule has 3 aromatic rings. The lowest BCUT2D eigenvalue weighted by Crippen LogP contribution is -2.02. The van der Waals surface area contributed by atoms with Crippen molar-refractivity contribution in [3.05, 3.63) is 50.9 Å². The number of ether oxygens (including phenoxy) is 1. The molecule has 24 heavy (non-hydrogen) atoms. The molecule has 0 bridgehead atoms. The third-order valence-electron chi connectivity index (χ3n) is 3.71. The Balaban J connectivity index is 2.29. The summed E-state index contributed by atoms with van der Waals surface area (Å²) >= 11 is 6.94. The van der Waals surface area contributed by atoms with Gasteiger partial charge in [-0.05, 0) is 48.9 Å². The van der Waals surface area contributed by atoms with Gasteiger partial charge in [0.25, 0.3) is 0 Å². The molecule has 6 heteroatoms. The quantitative estimate of drug-likeness (QED) is 0.545. The topological polar surface area (TPSA) is 62.3 Å². The Morgan fingerprint density at radius 3 is 2.58 bits per heavy atom. The highest BCUT2D eigenvalue weighted by Crippen LogP contribution is 2.38. The number of aliphatic carboxylic acids is 1. The van der Waals surface area contributed by atoms with Crippen molar-refractivity contribution in [2.75, 3.05) is 6.61 Å². The number of H-pyrrole nitrogens is 1. The first kappa shape index (κ1) is 17.0. The fourth-order valence-corrected chi connectivity index (χ4v) is 3.49. The fourth-order valence-electron chi connectivity index (χ4n) is 2.76. The largest absolute Gasteiger partial charge is 0.493 e. The van der Waals surface area contributed by atoms with E-state index >= 15 is 0 Å². The molecule has 0 amide bonds. The van der Waals surface area contributed by atoms with Gasteiger partial charge in [-0.15, -0.1) is 0 Å². The maximum atomic E-state index is 11.4. The smallest absolute Gasteiger partial charge is 0.307 e. The van der Waals surface area contributed by atoms with Gasteiger partial charge in [0.05, 0.1) is 18.7 Å². The van der Waals surface area contributed by atoms with E-state index in [4.69, 9.17) is 4.74 Å². The minimum absolute atomic E-state index is 0.0656. The number of benzene rings is 2. The van der Waals surface area contributed by atoms with E-state index in [0.29, 0.717) is 6.61 Å². The number of nitrogens with one attached hydrogen (secondary N) is 1. The van der Waals surface area contributed by atoms with Gasteiger partial charge in [0.1, 0.15) is 5.75 Å². The van der Waals surface area contributed by atoms with E-state index in [2.05, 4.69) is 36.8 Å². The molecule has 3 rings (SSSR count). The van der Waals surface area contributed by atoms with Gasteiger partial charge in [0.15, 0.2) is 0 Å². The molecule has 1 heterocycles. The lowest BCUT2D eigenvalue weighted by molar-refractivity contribution is -0.136. The Kier molecular flexibility index (Phi) is 4.96. The van der Waals surface area contributed by atoms with Crippen LogP contribution in [0.25, 0.3) is 22.2 Å². The van der Waals surface area contributed by atoms with Crippen LogP contribution in [-0.4, -0.2) is 22.7 Å². The summed E-state index contributed by atoms with van der Waals surface area (Å²) in [5.41, 5.74) is 3.26. The minimum atomic E-state index is -0.870. The van der Waals surface area contributed by atoms with Crippen LogP contribution in [0.4, 0.5) is 0 Å². The van der Waals surface area contributed by atoms with E-state index in [9.17, 15) is 9.90 Å². The lowest BCUT2D eigenvalue weighted by atomic mass is 10.0. The van der Waals surface area contributed by atoms with Gasteiger partial charge in [-0.1, -0.05) is 31.9 Å². The molecule has 0 spiro atoms. The molecule has 0 aliphatic heterocycles. The van der Waals surface area contributed by atoms with Gasteiger partial charge in [-0.3, -0.25) is 4.79 Å². The van der Waals surface area contributed by atoms with Crippen molar-refractivity contribution >= 4 is 48.7 Å². The van der Waals surface area contributed by atoms with E-state index < -0.39 is 5.97 Å². The normalized spacial score (nSPS) is 11.0. The maximum Gasteiger partial charge on any atom is 0.307 e. The maximum absolute atomic E-state index is 11.4. The van der Waals surface area contributed by atoms with Crippen LogP contribution >= 0.6 is 31.9 Å². The van der Waals surface area contributed by atoms with Gasteiger partial charge in [0.2, 0.25) is 0 Å². The molecule has 0 fully saturated rings. The summed E-state index contributed by atoms with van der Waals surface area (Å²) in [5, 5.41) is 10.2. The van der Waals surface area contributed by atoms with Crippen LogP contribution < -0.4 is 4.74 Å². The van der Waals surface area contributed by atoms with Gasteiger partial charge < -0.3 is 14.8 Å². The van der Waals surface area contributed by atoms with Crippen molar-refractivity contribution in [3.63, 3.8) is 0 Å². The fraction of sp³-hybridized carbons (Fsp3) is 0.167. The van der Waals surface area contributed by atoms with E-state index in [1.54, 1.807) is 0 Å². The van der Waals surface area contributed by atoms with Crippen LogP contribution in [0.3, 0.4) is 0 Å². The number of fused-ring (bicyclic) bond motifs is 1. The van der Waals surface area contributed by atoms with Gasteiger partial charge in [-0.25, -0.2) is 0 Å². The number of aromatic amines is 1. The predicted octanol–water partition coefficient (Wildman–Crippen LogP) is 5.39. The Labute approximate surface area is 156 Å². The molecule has 0 atom stereocenters. The highest BCUT2D eigenvalue weighted by molar-refractivity contribution is 9.10. The number of carboxylic acids is 1. The zero-order valence-electron chi connectivity index (χ0n) is 12.9. The molecule has 2 aromatic carbocycles. The van der Waals surface area contributed by atoms with Crippen LogP contribution in [0.15, 0.2) is 45.3 Å². The monoisotopic (exact) mass is 451 g/mol. The molecule has 124 valence electrons. The molecule has 1 aromatic heterocycles. The van der Waals surface area contributed by atoms with E-state index in [0.717, 1.165) is 42.4 Å². The predicted molar refractivity (Wildman–Crippen MR) is 102 cm³/mol. The summed E-state index contributed by atoms with van der Waals surface area (Å²) in [5.74, 6) is -0.150. The summed E-state index contributed by atoms with van der Waals surface area (Å²) in [6.45, 7) is 2.46. The van der Waals surface area contributed by atoms with Crippen molar-refractivity contribution in [2.45, 2.75) is 13.3 Å². The number of hydrogen-bond acceptors (Lipinski definition) is 2. The zero-order chi connectivity index (χ0) is 17.3. The summed E-state index contributed by atoms with van der Waals surface area (Å²) in [6, 6.07) is 11.5. The standard InChI is InChI=1S/C18H15Br2NO3/c1-2-24-16-6-4-11(20)8-14(16)18-13(9-17(22)23)12-7-10(19)3-5-15(12)21-18/h3-8,21H,2,9H2,1H3,(H,22,23). The second-order valence-electron chi connectivity index (χ2n) is 5.31. The number of carboxylic acid groups (broad SMARTS) is 1. The molecule has 0 radical (unpaired) electrons. The van der Waals surface area contributed by atoms with Crippen LogP contribution in [-0.2, 0) is 11.2 Å². The Bertz CT molecular complexity index is 918. The van der Waals surface area contributed by atoms with Crippen LogP contribution in [0, 0.1) is 0 Å². The summed E-state index contributed by atoms with van der Waals surface area (Å²) in [7, 11) is 0. The molecule has 0 saturated carbocycles. The van der Waals surface area contributed by atoms with Gasteiger partial charge in [-0.2, -0.15) is 0 Å². The Morgan fingerprint density at radius 2 is 1.88 bits per heavy atom. The molecule has 0 saturated heterocycles. The van der Waals surface area contributed by atoms with Crippen molar-refractivity contribution in [2.24, 2.45) is 0 Å². The summed E-state index contributed by atoms with van der Waals surface area (Å²) in [6.07, 6.45) is -0.0656. The zero-order valence-corrected chi connectivity index (χ0v) is 16.1. The first-order chi connectivity index (χ1) is 11.5. The molecule has 0 unspecified atom stereocenters. The molecular weight excluding hydrogens is 438 g/mol. The first-order valence-electron chi connectivity index (χ1n) is 7.44. The lowest BCUT2D eigenvalue weighted by Gasteiger charge is -2.11. The highest BCUT2D eigenvalue weighted by atomic mass is 79.9. The van der Waals surface area contributed by atoms with E-state index in [-0.39, 0.29) is 6.42 Å². The minimum Gasteiger partial charge on any atom is -0.493 e. The molecule has 0 aliphatic carbocycles. The number of hydrogen-bond donors (Lipinski definition) is 2.